The quantitative estimate of drug-likeness (QED) is 0.380. The molecule has 0 aromatic carbocycles. The zero-order chi connectivity index (χ0) is 15.1. The maximum absolute atomic E-state index is 10.9. The molecule has 0 saturated carbocycles. The molecule has 20 heavy (non-hydrogen) atoms. The molecule has 0 aromatic heterocycles. The van der Waals surface area contributed by atoms with E-state index >= 15 is 0 Å². The van der Waals surface area contributed by atoms with Crippen LogP contribution in [0.2, 0.25) is 0 Å². The molecule has 0 aliphatic rings. The Labute approximate surface area is 124 Å². The number of esters is 1. The first kappa shape index (κ1) is 19.4. The summed E-state index contributed by atoms with van der Waals surface area (Å²) in [6.45, 7) is 2.49. The summed E-state index contributed by atoms with van der Waals surface area (Å²) in [7, 11) is 0. The molecule has 4 N–H and O–H groups in total. The van der Waals surface area contributed by atoms with Gasteiger partial charge >= 0.3 is 5.97 Å². The van der Waals surface area contributed by atoms with Crippen LogP contribution in [0.1, 0.15) is 77.6 Å². The van der Waals surface area contributed by atoms with Crippen LogP contribution in [0.4, 0.5) is 0 Å². The lowest BCUT2D eigenvalue weighted by Gasteiger charge is -2.11. The maximum atomic E-state index is 10.9. The van der Waals surface area contributed by atoms with Crippen LogP contribution in [0.3, 0.4) is 0 Å². The molecule has 0 bridgehead atoms. The van der Waals surface area contributed by atoms with Gasteiger partial charge in [0.2, 0.25) is 0 Å². The number of unbranched alkanes of at least 4 members (excludes halogenated alkanes) is 9. The molecule has 0 aromatic rings. The van der Waals surface area contributed by atoms with E-state index in [-0.39, 0.29) is 18.6 Å². The predicted molar refractivity (Wildman–Crippen MR) is 84.4 cm³/mol. The van der Waals surface area contributed by atoms with Gasteiger partial charge in [-0.1, -0.05) is 71.1 Å². The number of ether oxygens (including phenoxy) is 1. The number of rotatable bonds is 14. The first-order chi connectivity index (χ1) is 9.70. The molecule has 0 fully saturated rings. The van der Waals surface area contributed by atoms with Gasteiger partial charge in [0.25, 0.3) is 0 Å². The molecule has 0 heterocycles. The van der Waals surface area contributed by atoms with Gasteiger partial charge in [-0.25, -0.2) is 0 Å². The largest absolute Gasteiger partial charge is 0.463 e. The van der Waals surface area contributed by atoms with Crippen LogP contribution < -0.4 is 11.5 Å². The van der Waals surface area contributed by atoms with Crippen LogP contribution in [0, 0.1) is 0 Å². The van der Waals surface area contributed by atoms with Gasteiger partial charge in [0.15, 0.2) is 0 Å². The third-order valence-corrected chi connectivity index (χ3v) is 3.55. The van der Waals surface area contributed by atoms with Crippen LogP contribution >= 0.6 is 0 Å². The Morgan fingerprint density at radius 1 is 0.950 bits per heavy atom. The van der Waals surface area contributed by atoms with E-state index in [1.54, 1.807) is 0 Å². The molecule has 4 heteroatoms. The van der Waals surface area contributed by atoms with Crippen molar-refractivity contribution in [3.63, 3.8) is 0 Å². The summed E-state index contributed by atoms with van der Waals surface area (Å²) in [6.07, 6.45) is 14.1. The van der Waals surface area contributed by atoms with Gasteiger partial charge < -0.3 is 16.2 Å². The molecule has 1 atom stereocenters. The summed E-state index contributed by atoms with van der Waals surface area (Å²) >= 11 is 0. The first-order valence-electron chi connectivity index (χ1n) is 8.32. The van der Waals surface area contributed by atoms with Crippen LogP contribution in [0.25, 0.3) is 0 Å². The van der Waals surface area contributed by atoms with Crippen molar-refractivity contribution in [3.8, 4) is 0 Å². The summed E-state index contributed by atoms with van der Waals surface area (Å²) < 4.78 is 4.91. The molecule has 120 valence electrons. The molecule has 4 nitrogen and oxygen atoms in total. The topological polar surface area (TPSA) is 78.3 Å². The second-order valence-electron chi connectivity index (χ2n) is 5.62. The average Bonchev–Trinajstić information content (AvgIpc) is 2.46. The van der Waals surface area contributed by atoms with Crippen molar-refractivity contribution in [1.82, 2.24) is 0 Å². The van der Waals surface area contributed by atoms with E-state index in [2.05, 4.69) is 6.92 Å². The predicted octanol–water partition coefficient (Wildman–Crippen LogP) is 3.13. The van der Waals surface area contributed by atoms with E-state index in [9.17, 15) is 4.79 Å². The zero-order valence-electron chi connectivity index (χ0n) is 13.2. The fraction of sp³-hybridized carbons (Fsp3) is 0.938. The van der Waals surface area contributed by atoms with Crippen LogP contribution in [0.5, 0.6) is 0 Å². The van der Waals surface area contributed by atoms with E-state index in [4.69, 9.17) is 16.2 Å². The van der Waals surface area contributed by atoms with Crippen LogP contribution in [0.15, 0.2) is 0 Å². The van der Waals surface area contributed by atoms with E-state index in [0.29, 0.717) is 6.61 Å². The van der Waals surface area contributed by atoms with Crippen LogP contribution in [-0.2, 0) is 9.53 Å². The van der Waals surface area contributed by atoms with E-state index in [1.807, 2.05) is 0 Å². The van der Waals surface area contributed by atoms with Crippen molar-refractivity contribution in [3.05, 3.63) is 0 Å². The van der Waals surface area contributed by atoms with Crippen molar-refractivity contribution in [2.24, 2.45) is 11.5 Å². The fourth-order valence-corrected chi connectivity index (χ4v) is 2.24. The van der Waals surface area contributed by atoms with Gasteiger partial charge in [-0.3, -0.25) is 4.79 Å². The normalized spacial score (nSPS) is 12.3. The zero-order valence-corrected chi connectivity index (χ0v) is 13.2. The Kier molecular flexibility index (Phi) is 14.3. The molecule has 0 radical (unpaired) electrons. The van der Waals surface area contributed by atoms with E-state index in [1.165, 1.54) is 57.8 Å². The summed E-state index contributed by atoms with van der Waals surface area (Å²) in [6, 6.07) is -0.0421. The lowest BCUT2D eigenvalue weighted by atomic mass is 10.0. The number of nitrogens with two attached hydrogens (primary N) is 2. The second-order valence-corrected chi connectivity index (χ2v) is 5.62. The minimum atomic E-state index is -0.372. The Hall–Kier alpha value is -0.610. The van der Waals surface area contributed by atoms with Crippen molar-refractivity contribution in [2.75, 3.05) is 13.2 Å². The number of hydrogen-bond acceptors (Lipinski definition) is 4. The minimum absolute atomic E-state index is 0.0421. The second kappa shape index (κ2) is 14.8. The standard InChI is InChI=1S/C16H34N2O2/c1-2-3-4-5-6-7-8-9-10-11-12-15(18)14-20-16(19)13-17/h15H,2-14,17-18H2,1H3. The van der Waals surface area contributed by atoms with Gasteiger partial charge in [0.1, 0.15) is 6.61 Å². The van der Waals surface area contributed by atoms with Crippen molar-refractivity contribution in [1.29, 1.82) is 0 Å². The Balaban J connectivity index is 3.17. The van der Waals surface area contributed by atoms with Gasteiger partial charge in [0.05, 0.1) is 6.54 Å². The highest BCUT2D eigenvalue weighted by Gasteiger charge is 2.05. The van der Waals surface area contributed by atoms with Gasteiger partial charge in [-0.2, -0.15) is 0 Å². The summed E-state index contributed by atoms with van der Waals surface area (Å²) in [5, 5.41) is 0. The average molecular weight is 286 g/mol. The van der Waals surface area contributed by atoms with Gasteiger partial charge in [-0.05, 0) is 6.42 Å². The molecule has 1 unspecified atom stereocenters. The van der Waals surface area contributed by atoms with Crippen molar-refractivity contribution in [2.45, 2.75) is 83.6 Å². The summed E-state index contributed by atoms with van der Waals surface area (Å²) in [5.74, 6) is -0.372. The molecule has 0 spiro atoms. The SMILES string of the molecule is CCCCCCCCCCCCC(N)COC(=O)CN. The molecule has 0 aliphatic carbocycles. The smallest absolute Gasteiger partial charge is 0.319 e. The maximum Gasteiger partial charge on any atom is 0.319 e. The third kappa shape index (κ3) is 13.8. The molecule has 0 rings (SSSR count). The molecule has 0 amide bonds. The number of carbonyl (C=O) groups excluding carboxylic acids is 1. The first-order valence-corrected chi connectivity index (χ1v) is 8.32. The summed E-state index contributed by atoms with van der Waals surface area (Å²) in [5.41, 5.74) is 11.0. The number of carbonyl (C=O) groups is 1. The van der Waals surface area contributed by atoms with E-state index < -0.39 is 0 Å². The fourth-order valence-electron chi connectivity index (χ4n) is 2.24. The minimum Gasteiger partial charge on any atom is -0.463 e. The van der Waals surface area contributed by atoms with E-state index in [0.717, 1.165) is 12.8 Å². The Morgan fingerprint density at radius 2 is 1.45 bits per heavy atom. The highest BCUT2D eigenvalue weighted by atomic mass is 16.5. The number of hydrogen-bond donors (Lipinski definition) is 2. The lowest BCUT2D eigenvalue weighted by Crippen LogP contribution is -2.29. The highest BCUT2D eigenvalue weighted by molar-refractivity contribution is 5.71. The molecular weight excluding hydrogens is 252 g/mol. The summed E-state index contributed by atoms with van der Waals surface area (Å²) in [4.78, 5) is 10.9. The Morgan fingerprint density at radius 3 is 1.95 bits per heavy atom. The monoisotopic (exact) mass is 286 g/mol. The highest BCUT2D eigenvalue weighted by Crippen LogP contribution is 2.11. The van der Waals surface area contributed by atoms with Gasteiger partial charge in [0, 0.05) is 6.04 Å². The lowest BCUT2D eigenvalue weighted by molar-refractivity contribution is -0.142. The van der Waals surface area contributed by atoms with Gasteiger partial charge in [-0.15, -0.1) is 0 Å². The van der Waals surface area contributed by atoms with Crippen molar-refractivity contribution >= 4 is 5.97 Å². The van der Waals surface area contributed by atoms with Crippen molar-refractivity contribution < 1.29 is 9.53 Å². The van der Waals surface area contributed by atoms with Crippen LogP contribution in [-0.4, -0.2) is 25.2 Å². The third-order valence-electron chi connectivity index (χ3n) is 3.55. The Bertz CT molecular complexity index is 223. The molecular formula is C16H34N2O2. The molecule has 0 aliphatic heterocycles. The molecule has 0 saturated heterocycles.